The number of ether oxygens (including phenoxy) is 1. The molecule has 0 saturated carbocycles. The normalized spacial score (nSPS) is 11.3. The summed E-state index contributed by atoms with van der Waals surface area (Å²) in [5.74, 6) is 0.424. The van der Waals surface area contributed by atoms with Crippen LogP contribution in [-0.4, -0.2) is 25.7 Å². The molecule has 0 atom stereocenters. The first kappa shape index (κ1) is 14.5. The van der Waals surface area contributed by atoms with Crippen LogP contribution in [0.15, 0.2) is 23.1 Å². The first-order chi connectivity index (χ1) is 9.46. The van der Waals surface area contributed by atoms with Crippen molar-refractivity contribution in [2.45, 2.75) is 18.2 Å². The predicted octanol–water partition coefficient (Wildman–Crippen LogP) is 1.49. The second kappa shape index (κ2) is 5.63. The molecular formula is C11H14N4O3S2. The predicted molar refractivity (Wildman–Crippen MR) is 77.5 cm³/mol. The van der Waals surface area contributed by atoms with Crippen LogP contribution < -0.4 is 15.2 Å². The minimum atomic E-state index is -3.73. The Balaban J connectivity index is 2.28. The summed E-state index contributed by atoms with van der Waals surface area (Å²) in [6, 6.07) is 4.25. The van der Waals surface area contributed by atoms with E-state index in [0.717, 1.165) is 5.01 Å². The van der Waals surface area contributed by atoms with E-state index in [1.54, 1.807) is 0 Å². The van der Waals surface area contributed by atoms with Crippen molar-refractivity contribution >= 4 is 32.2 Å². The molecule has 0 saturated heterocycles. The Labute approximate surface area is 120 Å². The molecule has 9 heteroatoms. The fourth-order valence-corrected chi connectivity index (χ4v) is 3.44. The van der Waals surface area contributed by atoms with Gasteiger partial charge in [0.1, 0.15) is 10.8 Å². The lowest BCUT2D eigenvalue weighted by atomic mass is 10.3. The smallest absolute Gasteiger partial charge is 0.263 e. The molecule has 20 heavy (non-hydrogen) atoms. The highest BCUT2D eigenvalue weighted by Crippen LogP contribution is 2.26. The zero-order chi connectivity index (χ0) is 14.8. The van der Waals surface area contributed by atoms with Gasteiger partial charge in [0.05, 0.1) is 17.7 Å². The molecule has 2 rings (SSSR count). The van der Waals surface area contributed by atoms with E-state index in [0.29, 0.717) is 12.2 Å². The average Bonchev–Trinajstić information content (AvgIpc) is 2.85. The van der Waals surface area contributed by atoms with Gasteiger partial charge >= 0.3 is 0 Å². The molecule has 0 aliphatic rings. The highest BCUT2D eigenvalue weighted by Gasteiger charge is 2.18. The second-order valence-electron chi connectivity index (χ2n) is 3.86. The summed E-state index contributed by atoms with van der Waals surface area (Å²) in [7, 11) is -2.27. The van der Waals surface area contributed by atoms with Crippen molar-refractivity contribution in [2.24, 2.45) is 0 Å². The number of hydrogen-bond donors (Lipinski definition) is 2. The Morgan fingerprint density at radius 3 is 2.70 bits per heavy atom. The van der Waals surface area contributed by atoms with Gasteiger partial charge in [0.15, 0.2) is 0 Å². The third kappa shape index (κ3) is 2.99. The fraction of sp³-hybridized carbons (Fsp3) is 0.273. The van der Waals surface area contributed by atoms with E-state index >= 15 is 0 Å². The quantitative estimate of drug-likeness (QED) is 0.810. The van der Waals surface area contributed by atoms with Crippen LogP contribution in [-0.2, 0) is 16.4 Å². The molecule has 0 aliphatic heterocycles. The van der Waals surface area contributed by atoms with Crippen LogP contribution in [0.1, 0.15) is 11.9 Å². The molecule has 1 aromatic carbocycles. The van der Waals surface area contributed by atoms with Crippen LogP contribution in [0.2, 0.25) is 0 Å². The molecule has 7 nitrogen and oxygen atoms in total. The average molecular weight is 314 g/mol. The Morgan fingerprint density at radius 1 is 1.40 bits per heavy atom. The minimum Gasteiger partial charge on any atom is -0.495 e. The summed E-state index contributed by atoms with van der Waals surface area (Å²) >= 11 is 1.20. The van der Waals surface area contributed by atoms with Gasteiger partial charge in [-0.25, -0.2) is 8.42 Å². The van der Waals surface area contributed by atoms with E-state index in [9.17, 15) is 8.42 Å². The lowest BCUT2D eigenvalue weighted by molar-refractivity contribution is 0.416. The van der Waals surface area contributed by atoms with Gasteiger partial charge in [-0.2, -0.15) is 0 Å². The number of aryl methyl sites for hydroxylation is 1. The Bertz CT molecular complexity index is 712. The van der Waals surface area contributed by atoms with Crippen LogP contribution in [0.5, 0.6) is 5.75 Å². The zero-order valence-electron chi connectivity index (χ0n) is 11.0. The standard InChI is InChI=1S/C11H14N4O3S2/c1-3-10-13-14-11(19-10)15-20(16,17)7-4-5-9(18-2)8(12)6-7/h4-6H,3,12H2,1-2H3,(H,14,15). The van der Waals surface area contributed by atoms with Gasteiger partial charge in [-0.1, -0.05) is 18.3 Å². The number of anilines is 2. The number of benzene rings is 1. The highest BCUT2D eigenvalue weighted by atomic mass is 32.2. The first-order valence-corrected chi connectivity index (χ1v) is 8.05. The van der Waals surface area contributed by atoms with E-state index < -0.39 is 10.0 Å². The number of sulfonamides is 1. The molecule has 0 radical (unpaired) electrons. The van der Waals surface area contributed by atoms with Crippen molar-refractivity contribution in [3.8, 4) is 5.75 Å². The van der Waals surface area contributed by atoms with Crippen molar-refractivity contribution in [1.29, 1.82) is 0 Å². The lowest BCUT2D eigenvalue weighted by Crippen LogP contribution is -2.13. The largest absolute Gasteiger partial charge is 0.495 e. The summed E-state index contributed by atoms with van der Waals surface area (Å²) in [5, 5.41) is 8.62. The van der Waals surface area contributed by atoms with E-state index in [4.69, 9.17) is 10.5 Å². The van der Waals surface area contributed by atoms with Crippen molar-refractivity contribution in [3.63, 3.8) is 0 Å². The van der Waals surface area contributed by atoms with E-state index in [1.807, 2.05) is 6.92 Å². The van der Waals surface area contributed by atoms with Crippen molar-refractivity contribution in [3.05, 3.63) is 23.2 Å². The number of rotatable bonds is 5. The van der Waals surface area contributed by atoms with Crippen LogP contribution in [0.25, 0.3) is 0 Å². The zero-order valence-corrected chi connectivity index (χ0v) is 12.6. The van der Waals surface area contributed by atoms with Crippen LogP contribution in [0.4, 0.5) is 10.8 Å². The number of nitrogen functional groups attached to an aromatic ring is 1. The van der Waals surface area contributed by atoms with E-state index in [1.165, 1.54) is 36.6 Å². The maximum atomic E-state index is 12.2. The van der Waals surface area contributed by atoms with Crippen LogP contribution >= 0.6 is 11.3 Å². The Hall–Kier alpha value is -1.87. The minimum absolute atomic E-state index is 0.0454. The first-order valence-electron chi connectivity index (χ1n) is 5.75. The van der Waals surface area contributed by atoms with Crippen molar-refractivity contribution < 1.29 is 13.2 Å². The number of nitrogens with zero attached hydrogens (tertiary/aromatic N) is 2. The topological polar surface area (TPSA) is 107 Å². The number of nitrogens with one attached hydrogen (secondary N) is 1. The maximum Gasteiger partial charge on any atom is 0.263 e. The number of methoxy groups -OCH3 is 1. The number of aromatic nitrogens is 2. The second-order valence-corrected chi connectivity index (χ2v) is 6.61. The summed E-state index contributed by atoms with van der Waals surface area (Å²) in [5.41, 5.74) is 5.96. The molecular weight excluding hydrogens is 300 g/mol. The van der Waals surface area contributed by atoms with Gasteiger partial charge in [0, 0.05) is 0 Å². The summed E-state index contributed by atoms with van der Waals surface area (Å²) in [6.45, 7) is 1.92. The highest BCUT2D eigenvalue weighted by molar-refractivity contribution is 7.93. The molecule has 0 unspecified atom stereocenters. The Morgan fingerprint density at radius 2 is 2.15 bits per heavy atom. The van der Waals surface area contributed by atoms with Crippen LogP contribution in [0.3, 0.4) is 0 Å². The number of nitrogens with two attached hydrogens (primary N) is 1. The molecule has 3 N–H and O–H groups in total. The molecule has 1 heterocycles. The maximum absolute atomic E-state index is 12.2. The molecule has 0 spiro atoms. The van der Waals surface area contributed by atoms with Gasteiger partial charge in [0.25, 0.3) is 10.0 Å². The summed E-state index contributed by atoms with van der Waals surface area (Å²) < 4.78 is 31.7. The molecule has 0 fully saturated rings. The van der Waals surface area contributed by atoms with Gasteiger partial charge < -0.3 is 10.5 Å². The lowest BCUT2D eigenvalue weighted by Gasteiger charge is -2.08. The van der Waals surface area contributed by atoms with E-state index in [2.05, 4.69) is 14.9 Å². The van der Waals surface area contributed by atoms with Gasteiger partial charge in [-0.05, 0) is 24.6 Å². The monoisotopic (exact) mass is 314 g/mol. The van der Waals surface area contributed by atoms with Crippen LogP contribution in [0, 0.1) is 0 Å². The van der Waals surface area contributed by atoms with Gasteiger partial charge in [-0.15, -0.1) is 10.2 Å². The third-order valence-corrected chi connectivity index (χ3v) is 4.95. The molecule has 2 aromatic rings. The summed E-state index contributed by atoms with van der Waals surface area (Å²) in [6.07, 6.45) is 0.703. The SMILES string of the molecule is CCc1nnc(NS(=O)(=O)c2ccc(OC)c(N)c2)s1. The molecule has 0 bridgehead atoms. The molecule has 0 aliphatic carbocycles. The van der Waals surface area contributed by atoms with Gasteiger partial charge in [0.2, 0.25) is 5.13 Å². The summed E-state index contributed by atoms with van der Waals surface area (Å²) in [4.78, 5) is 0.0454. The fourth-order valence-electron chi connectivity index (χ4n) is 1.49. The molecule has 0 amide bonds. The number of hydrogen-bond acceptors (Lipinski definition) is 7. The van der Waals surface area contributed by atoms with Crippen molar-refractivity contribution in [2.75, 3.05) is 17.6 Å². The third-order valence-electron chi connectivity index (χ3n) is 2.50. The molecule has 108 valence electrons. The molecule has 1 aromatic heterocycles. The van der Waals surface area contributed by atoms with E-state index in [-0.39, 0.29) is 15.7 Å². The van der Waals surface area contributed by atoms with Crippen molar-refractivity contribution in [1.82, 2.24) is 10.2 Å². The Kier molecular flexibility index (Phi) is 4.09. The van der Waals surface area contributed by atoms with Gasteiger partial charge in [-0.3, -0.25) is 4.72 Å².